The Morgan fingerprint density at radius 1 is 1.33 bits per heavy atom. The summed E-state index contributed by atoms with van der Waals surface area (Å²) in [6.45, 7) is 3.40. The topological polar surface area (TPSA) is 17.1 Å². The Morgan fingerprint density at radius 2 is 2.00 bits per heavy atom. The van der Waals surface area contributed by atoms with Gasteiger partial charge in [0.1, 0.15) is 0 Å². The highest BCUT2D eigenvalue weighted by molar-refractivity contribution is 6.09. The molecular weight excluding hydrogens is 148 g/mol. The number of Topliss-reactive ketones (excluding diaryl/α,β-unsaturated/α-hetero) is 1. The van der Waals surface area contributed by atoms with Crippen molar-refractivity contribution in [1.82, 2.24) is 0 Å². The minimum atomic E-state index is -0.171. The number of ketones is 1. The van der Waals surface area contributed by atoms with Crippen LogP contribution in [0.1, 0.15) is 10.4 Å². The monoisotopic (exact) mass is 156 g/mol. The molecule has 0 unspecified atom stereocenters. The van der Waals surface area contributed by atoms with Gasteiger partial charge in [0.25, 0.3) is 0 Å². The average Bonchev–Trinajstić information content (AvgIpc) is 2.15. The van der Waals surface area contributed by atoms with Gasteiger partial charge in [-0.2, -0.15) is 0 Å². The van der Waals surface area contributed by atoms with E-state index in [1.165, 1.54) is 6.08 Å². The summed E-state index contributed by atoms with van der Waals surface area (Å²) in [5.74, 6) is 4.78. The summed E-state index contributed by atoms with van der Waals surface area (Å²) >= 11 is 0. The third-order valence-electron chi connectivity index (χ3n) is 1.32. The van der Waals surface area contributed by atoms with E-state index in [2.05, 4.69) is 18.4 Å². The zero-order valence-corrected chi connectivity index (χ0v) is 6.58. The van der Waals surface area contributed by atoms with E-state index in [1.54, 1.807) is 12.1 Å². The Bertz CT molecular complexity index is 338. The summed E-state index contributed by atoms with van der Waals surface area (Å²) in [4.78, 5) is 11.2. The zero-order valence-electron chi connectivity index (χ0n) is 6.58. The second-order valence-electron chi connectivity index (χ2n) is 2.17. The molecule has 0 fully saturated rings. The Labute approximate surface area is 71.7 Å². The quantitative estimate of drug-likeness (QED) is 0.345. The molecule has 1 rings (SSSR count). The normalized spacial score (nSPS) is 8.00. The van der Waals surface area contributed by atoms with Gasteiger partial charge in [-0.25, -0.2) is 0 Å². The Hall–Kier alpha value is -1.81. The van der Waals surface area contributed by atoms with Crippen LogP contribution >= 0.6 is 0 Å². The van der Waals surface area contributed by atoms with Crippen molar-refractivity contribution in [3.8, 4) is 11.8 Å². The van der Waals surface area contributed by atoms with Crippen LogP contribution in [0.5, 0.6) is 0 Å². The highest BCUT2D eigenvalue weighted by Gasteiger charge is 1.97. The second kappa shape index (κ2) is 4.15. The molecule has 0 aliphatic carbocycles. The molecule has 0 N–H and O–H groups in total. The van der Waals surface area contributed by atoms with E-state index in [1.807, 2.05) is 18.2 Å². The molecule has 0 bridgehead atoms. The number of hydrogen-bond donors (Lipinski definition) is 0. The highest BCUT2D eigenvalue weighted by atomic mass is 16.1. The molecule has 1 aromatic carbocycles. The zero-order chi connectivity index (χ0) is 8.81. The number of carbonyl (C=O) groups is 1. The Balaban J connectivity index is 2.86. The second-order valence-corrected chi connectivity index (χ2v) is 2.17. The molecule has 1 aromatic rings. The van der Waals surface area contributed by atoms with Crippen molar-refractivity contribution in [3.05, 3.63) is 48.6 Å². The van der Waals surface area contributed by atoms with E-state index in [-0.39, 0.29) is 5.78 Å². The van der Waals surface area contributed by atoms with Crippen molar-refractivity contribution in [2.45, 2.75) is 0 Å². The minimum Gasteiger partial charge on any atom is -0.279 e. The number of rotatable bonds is 1. The fraction of sp³-hybridized carbons (Fsp3) is 0. The van der Waals surface area contributed by atoms with Crippen molar-refractivity contribution in [2.75, 3.05) is 0 Å². The molecule has 1 heteroatoms. The van der Waals surface area contributed by atoms with Gasteiger partial charge in [-0.15, -0.1) is 0 Å². The fourth-order valence-electron chi connectivity index (χ4n) is 0.778. The lowest BCUT2D eigenvalue weighted by molar-refractivity contribution is 0.105. The van der Waals surface area contributed by atoms with Gasteiger partial charge in [0, 0.05) is 5.56 Å². The molecule has 0 saturated carbocycles. The van der Waals surface area contributed by atoms with Crippen molar-refractivity contribution in [2.24, 2.45) is 0 Å². The largest absolute Gasteiger partial charge is 0.279 e. The number of allylic oxidation sites excluding steroid dienone is 1. The highest BCUT2D eigenvalue weighted by Crippen LogP contribution is 1.98. The lowest BCUT2D eigenvalue weighted by atomic mass is 10.1. The molecule has 1 nitrogen and oxygen atoms in total. The molecule has 0 heterocycles. The van der Waals surface area contributed by atoms with Crippen LogP contribution in [0.3, 0.4) is 0 Å². The van der Waals surface area contributed by atoms with E-state index >= 15 is 0 Å². The third-order valence-corrected chi connectivity index (χ3v) is 1.32. The number of benzene rings is 1. The molecular formula is C11H8O. The van der Waals surface area contributed by atoms with E-state index in [4.69, 9.17) is 0 Å². The first-order valence-electron chi connectivity index (χ1n) is 3.56. The third kappa shape index (κ3) is 2.10. The van der Waals surface area contributed by atoms with Crippen molar-refractivity contribution >= 4 is 5.78 Å². The molecule has 0 spiro atoms. The van der Waals surface area contributed by atoms with E-state index in [0.29, 0.717) is 5.56 Å². The van der Waals surface area contributed by atoms with E-state index in [9.17, 15) is 4.79 Å². The maximum atomic E-state index is 11.2. The molecule has 0 aromatic heterocycles. The Kier molecular flexibility index (Phi) is 2.87. The van der Waals surface area contributed by atoms with Gasteiger partial charge in [-0.05, 0) is 12.0 Å². The summed E-state index contributed by atoms with van der Waals surface area (Å²) in [5, 5.41) is 0. The van der Waals surface area contributed by atoms with Gasteiger partial charge < -0.3 is 0 Å². The fourth-order valence-corrected chi connectivity index (χ4v) is 0.778. The first-order chi connectivity index (χ1) is 5.84. The lowest BCUT2D eigenvalue weighted by Crippen LogP contribution is -1.92. The van der Waals surface area contributed by atoms with Crippen LogP contribution in [-0.4, -0.2) is 5.78 Å². The Morgan fingerprint density at radius 3 is 2.58 bits per heavy atom. The van der Waals surface area contributed by atoms with Gasteiger partial charge >= 0.3 is 0 Å². The molecule has 0 amide bonds. The summed E-state index contributed by atoms with van der Waals surface area (Å²) < 4.78 is 0. The summed E-state index contributed by atoms with van der Waals surface area (Å²) in [5.41, 5.74) is 0.617. The lowest BCUT2D eigenvalue weighted by Gasteiger charge is -1.89. The maximum absolute atomic E-state index is 11.2. The van der Waals surface area contributed by atoms with E-state index in [0.717, 1.165) is 0 Å². The standard InChI is InChI=1S/C11H8O/c1-2-3-9-11(12)10-7-5-4-6-8-10/h2,4-8H,1H2. The van der Waals surface area contributed by atoms with Gasteiger partial charge in [0.05, 0.1) is 0 Å². The predicted molar refractivity (Wildman–Crippen MR) is 48.7 cm³/mol. The van der Waals surface area contributed by atoms with Crippen LogP contribution in [0.4, 0.5) is 0 Å². The summed E-state index contributed by atoms with van der Waals surface area (Å²) in [6, 6.07) is 8.95. The summed E-state index contributed by atoms with van der Waals surface area (Å²) in [7, 11) is 0. The molecule has 0 atom stereocenters. The van der Waals surface area contributed by atoms with E-state index < -0.39 is 0 Å². The van der Waals surface area contributed by atoms with Gasteiger partial charge in [-0.3, -0.25) is 4.79 Å². The molecule has 12 heavy (non-hydrogen) atoms. The van der Waals surface area contributed by atoms with Crippen molar-refractivity contribution < 1.29 is 4.79 Å². The van der Waals surface area contributed by atoms with Crippen LogP contribution in [0.15, 0.2) is 43.0 Å². The first kappa shape index (κ1) is 8.29. The van der Waals surface area contributed by atoms with Gasteiger partial charge in [0.2, 0.25) is 5.78 Å². The van der Waals surface area contributed by atoms with Crippen LogP contribution in [-0.2, 0) is 0 Å². The number of hydrogen-bond acceptors (Lipinski definition) is 1. The minimum absolute atomic E-state index is 0.171. The van der Waals surface area contributed by atoms with Crippen molar-refractivity contribution in [1.29, 1.82) is 0 Å². The summed E-state index contributed by atoms with van der Waals surface area (Å²) in [6.07, 6.45) is 1.40. The van der Waals surface area contributed by atoms with Crippen LogP contribution in [0, 0.1) is 11.8 Å². The van der Waals surface area contributed by atoms with Crippen LogP contribution in [0.25, 0.3) is 0 Å². The predicted octanol–water partition coefficient (Wildman–Crippen LogP) is 2.06. The molecule has 58 valence electrons. The van der Waals surface area contributed by atoms with Crippen LogP contribution in [0.2, 0.25) is 0 Å². The average molecular weight is 156 g/mol. The van der Waals surface area contributed by atoms with Crippen molar-refractivity contribution in [3.63, 3.8) is 0 Å². The van der Waals surface area contributed by atoms with Gasteiger partial charge in [-0.1, -0.05) is 42.8 Å². The van der Waals surface area contributed by atoms with Gasteiger partial charge in [0.15, 0.2) is 0 Å². The van der Waals surface area contributed by atoms with Crippen LogP contribution < -0.4 is 0 Å². The molecule has 0 radical (unpaired) electrons. The number of carbonyl (C=O) groups excluding carboxylic acids is 1. The SMILES string of the molecule is C=CC#CC(=O)c1ccccc1. The molecule has 0 aliphatic heterocycles. The first-order valence-corrected chi connectivity index (χ1v) is 3.56. The molecule has 0 aliphatic rings. The maximum Gasteiger partial charge on any atom is 0.236 e. The molecule has 0 saturated heterocycles. The smallest absolute Gasteiger partial charge is 0.236 e.